The fourth-order valence-electron chi connectivity index (χ4n) is 1.68. The van der Waals surface area contributed by atoms with Crippen LogP contribution in [0.3, 0.4) is 0 Å². The van der Waals surface area contributed by atoms with Gasteiger partial charge in [0.1, 0.15) is 0 Å². The average Bonchev–Trinajstić information content (AvgIpc) is 2.25. The van der Waals surface area contributed by atoms with Crippen LogP contribution in [0.2, 0.25) is 0 Å². The average molecular weight is 249 g/mol. The van der Waals surface area contributed by atoms with Gasteiger partial charge < -0.3 is 15.5 Å². The molecule has 5 nitrogen and oxygen atoms in total. The van der Waals surface area contributed by atoms with Crippen LogP contribution in [0.15, 0.2) is 28.2 Å². The van der Waals surface area contributed by atoms with Crippen molar-refractivity contribution in [2.24, 2.45) is 0 Å². The molecule has 3 N–H and O–H groups in total. The Kier molecular flexibility index (Phi) is 2.53. The number of hydrogen-bond acceptors (Lipinski definition) is 5. The lowest BCUT2D eigenvalue weighted by Gasteiger charge is -2.25. The van der Waals surface area contributed by atoms with Crippen LogP contribution in [-0.4, -0.2) is 28.4 Å². The molecular formula is C11H11N3O2S. The largest absolute Gasteiger partial charge is 0.398 e. The number of nitrogens with two attached hydrogens (primary N) is 1. The second-order valence-electron chi connectivity index (χ2n) is 3.92. The molecule has 2 aromatic rings. The highest BCUT2D eigenvalue weighted by molar-refractivity contribution is 8.00. The summed E-state index contributed by atoms with van der Waals surface area (Å²) in [6.45, 7) is 1.51. The monoisotopic (exact) mass is 249 g/mol. The summed E-state index contributed by atoms with van der Waals surface area (Å²) in [5, 5.41) is 0.982. The number of nitrogens with one attached hydrogen (secondary N) is 1. The van der Waals surface area contributed by atoms with Crippen molar-refractivity contribution in [2.75, 3.05) is 18.9 Å². The SMILES string of the molecule is Nc1cc2c(=O)[nH]cnc2cc1SC1COC1. The molecule has 1 aliphatic rings. The van der Waals surface area contributed by atoms with Crippen LogP contribution in [0.4, 0.5) is 5.69 Å². The van der Waals surface area contributed by atoms with E-state index in [-0.39, 0.29) is 5.56 Å². The first-order valence-electron chi connectivity index (χ1n) is 5.25. The van der Waals surface area contributed by atoms with Gasteiger partial charge in [0.05, 0.1) is 35.7 Å². The molecule has 2 heterocycles. The van der Waals surface area contributed by atoms with Gasteiger partial charge in [-0.05, 0) is 12.1 Å². The second kappa shape index (κ2) is 4.05. The van der Waals surface area contributed by atoms with Gasteiger partial charge in [0.25, 0.3) is 5.56 Å². The molecule has 1 fully saturated rings. The third kappa shape index (κ3) is 1.89. The summed E-state index contributed by atoms with van der Waals surface area (Å²) in [5.41, 5.74) is 7.07. The minimum absolute atomic E-state index is 0.162. The summed E-state index contributed by atoms with van der Waals surface area (Å²) in [6.07, 6.45) is 1.40. The Hall–Kier alpha value is -1.53. The second-order valence-corrected chi connectivity index (χ2v) is 5.26. The number of rotatable bonds is 2. The topological polar surface area (TPSA) is 81.0 Å². The van der Waals surface area contributed by atoms with E-state index in [1.807, 2.05) is 6.07 Å². The van der Waals surface area contributed by atoms with Crippen molar-refractivity contribution in [2.45, 2.75) is 10.1 Å². The lowest BCUT2D eigenvalue weighted by molar-refractivity contribution is 0.0455. The molecule has 1 aromatic carbocycles. The number of H-pyrrole nitrogens is 1. The molecule has 0 saturated carbocycles. The number of hydrogen-bond donors (Lipinski definition) is 2. The van der Waals surface area contributed by atoms with Crippen LogP contribution in [0.1, 0.15) is 0 Å². The fraction of sp³-hybridized carbons (Fsp3) is 0.273. The number of nitrogen functional groups attached to an aromatic ring is 1. The lowest BCUT2D eigenvalue weighted by Crippen LogP contribution is -2.30. The summed E-state index contributed by atoms with van der Waals surface area (Å²) in [5.74, 6) is 0. The minimum atomic E-state index is -0.162. The van der Waals surface area contributed by atoms with Crippen molar-refractivity contribution < 1.29 is 4.74 Å². The molecule has 0 atom stereocenters. The third-order valence-electron chi connectivity index (χ3n) is 2.67. The maximum atomic E-state index is 11.6. The summed E-state index contributed by atoms with van der Waals surface area (Å²) < 4.78 is 5.12. The van der Waals surface area contributed by atoms with Crippen molar-refractivity contribution in [3.63, 3.8) is 0 Å². The van der Waals surface area contributed by atoms with Gasteiger partial charge in [-0.1, -0.05) is 0 Å². The summed E-state index contributed by atoms with van der Waals surface area (Å²) >= 11 is 1.68. The van der Waals surface area contributed by atoms with Crippen molar-refractivity contribution in [1.82, 2.24) is 9.97 Å². The summed E-state index contributed by atoms with van der Waals surface area (Å²) in [4.78, 5) is 19.2. The minimum Gasteiger partial charge on any atom is -0.398 e. The van der Waals surface area contributed by atoms with E-state index in [9.17, 15) is 4.79 Å². The number of ether oxygens (including phenoxy) is 1. The molecular weight excluding hydrogens is 238 g/mol. The van der Waals surface area contributed by atoms with E-state index in [0.717, 1.165) is 18.1 Å². The Morgan fingerprint density at radius 3 is 3.00 bits per heavy atom. The van der Waals surface area contributed by atoms with E-state index in [1.54, 1.807) is 17.8 Å². The molecule has 1 saturated heterocycles. The van der Waals surface area contributed by atoms with E-state index in [1.165, 1.54) is 6.33 Å². The van der Waals surface area contributed by atoms with Crippen LogP contribution in [0.5, 0.6) is 0 Å². The first-order chi connectivity index (χ1) is 8.24. The van der Waals surface area contributed by atoms with Gasteiger partial charge in [0.2, 0.25) is 0 Å². The number of aromatic nitrogens is 2. The van der Waals surface area contributed by atoms with Crippen LogP contribution >= 0.6 is 11.8 Å². The summed E-state index contributed by atoms with van der Waals surface area (Å²) in [7, 11) is 0. The fourth-order valence-corrected chi connectivity index (χ4v) is 2.74. The lowest BCUT2D eigenvalue weighted by atomic mass is 10.2. The third-order valence-corrected chi connectivity index (χ3v) is 3.89. The number of thioether (sulfide) groups is 1. The Morgan fingerprint density at radius 1 is 1.47 bits per heavy atom. The molecule has 0 aliphatic carbocycles. The number of fused-ring (bicyclic) bond motifs is 1. The number of nitrogens with zero attached hydrogens (tertiary/aromatic N) is 1. The molecule has 1 aromatic heterocycles. The van der Waals surface area contributed by atoms with Gasteiger partial charge in [0.15, 0.2) is 0 Å². The molecule has 3 rings (SSSR count). The summed E-state index contributed by atoms with van der Waals surface area (Å²) in [6, 6.07) is 3.55. The predicted octanol–water partition coefficient (Wildman–Crippen LogP) is 0.996. The highest BCUT2D eigenvalue weighted by atomic mass is 32.2. The number of anilines is 1. The van der Waals surface area contributed by atoms with Crippen LogP contribution in [0, 0.1) is 0 Å². The molecule has 0 amide bonds. The van der Waals surface area contributed by atoms with Gasteiger partial charge >= 0.3 is 0 Å². The first kappa shape index (κ1) is 10.6. The van der Waals surface area contributed by atoms with Gasteiger partial charge in [-0.3, -0.25) is 4.79 Å². The number of benzene rings is 1. The van der Waals surface area contributed by atoms with Gasteiger partial charge in [-0.15, -0.1) is 11.8 Å². The predicted molar refractivity (Wildman–Crippen MR) is 67.2 cm³/mol. The van der Waals surface area contributed by atoms with E-state index >= 15 is 0 Å². The van der Waals surface area contributed by atoms with Gasteiger partial charge in [0, 0.05) is 10.6 Å². The molecule has 88 valence electrons. The van der Waals surface area contributed by atoms with E-state index < -0.39 is 0 Å². The quantitative estimate of drug-likeness (QED) is 0.776. The first-order valence-corrected chi connectivity index (χ1v) is 6.13. The normalized spacial score (nSPS) is 16.0. The Morgan fingerprint density at radius 2 is 2.29 bits per heavy atom. The Balaban J connectivity index is 2.07. The zero-order valence-corrected chi connectivity index (χ0v) is 9.79. The maximum Gasteiger partial charge on any atom is 0.258 e. The maximum absolute atomic E-state index is 11.6. The molecule has 0 unspecified atom stereocenters. The van der Waals surface area contributed by atoms with Crippen LogP contribution < -0.4 is 11.3 Å². The van der Waals surface area contributed by atoms with E-state index in [2.05, 4.69) is 9.97 Å². The molecule has 17 heavy (non-hydrogen) atoms. The highest BCUT2D eigenvalue weighted by Crippen LogP contribution is 2.33. The van der Waals surface area contributed by atoms with Gasteiger partial charge in [-0.25, -0.2) is 4.98 Å². The van der Waals surface area contributed by atoms with E-state index in [4.69, 9.17) is 10.5 Å². The van der Waals surface area contributed by atoms with Crippen molar-refractivity contribution >= 4 is 28.4 Å². The Labute approximate surface area is 101 Å². The van der Waals surface area contributed by atoms with Crippen LogP contribution in [0.25, 0.3) is 10.9 Å². The zero-order valence-electron chi connectivity index (χ0n) is 8.97. The highest BCUT2D eigenvalue weighted by Gasteiger charge is 2.21. The zero-order chi connectivity index (χ0) is 11.8. The standard InChI is InChI=1S/C11H11N3O2S/c12-8-1-7-9(13-5-14-11(7)15)2-10(8)17-6-3-16-4-6/h1-2,5-6H,3-4,12H2,(H,13,14,15). The molecule has 0 radical (unpaired) electrons. The molecule has 0 spiro atoms. The van der Waals surface area contributed by atoms with Crippen molar-refractivity contribution in [3.05, 3.63) is 28.8 Å². The molecule has 6 heteroatoms. The number of aromatic amines is 1. The van der Waals surface area contributed by atoms with Gasteiger partial charge in [-0.2, -0.15) is 0 Å². The molecule has 1 aliphatic heterocycles. The van der Waals surface area contributed by atoms with Crippen molar-refractivity contribution in [3.8, 4) is 0 Å². The van der Waals surface area contributed by atoms with Crippen molar-refractivity contribution in [1.29, 1.82) is 0 Å². The smallest absolute Gasteiger partial charge is 0.258 e. The van der Waals surface area contributed by atoms with E-state index in [0.29, 0.717) is 21.8 Å². The molecule has 0 bridgehead atoms. The van der Waals surface area contributed by atoms with Crippen LogP contribution in [-0.2, 0) is 4.74 Å². The Bertz CT molecular complexity index is 622.